The first-order chi connectivity index (χ1) is 12.9. The Labute approximate surface area is 154 Å². The number of amides is 1. The Morgan fingerprint density at radius 1 is 1.33 bits per heavy atom. The molecule has 0 aliphatic heterocycles. The van der Waals surface area contributed by atoms with Crippen molar-refractivity contribution in [1.82, 2.24) is 20.1 Å². The molecule has 0 aromatic carbocycles. The van der Waals surface area contributed by atoms with Crippen LogP contribution in [0.5, 0.6) is 0 Å². The molecule has 27 heavy (non-hydrogen) atoms. The number of rotatable bonds is 5. The van der Waals surface area contributed by atoms with E-state index in [1.807, 2.05) is 0 Å². The fourth-order valence-corrected chi connectivity index (χ4v) is 3.73. The molecule has 2 aromatic heterocycles. The van der Waals surface area contributed by atoms with E-state index in [2.05, 4.69) is 15.4 Å². The van der Waals surface area contributed by atoms with Crippen LogP contribution in [0.15, 0.2) is 43.0 Å². The van der Waals surface area contributed by atoms with Gasteiger partial charge in [0, 0.05) is 38.4 Å². The number of carbonyl (C=O) groups is 1. The highest BCUT2D eigenvalue weighted by Crippen LogP contribution is 2.46. The first-order valence-corrected chi connectivity index (χ1v) is 8.67. The Morgan fingerprint density at radius 2 is 2.15 bits per heavy atom. The van der Waals surface area contributed by atoms with Crippen molar-refractivity contribution in [3.8, 4) is 0 Å². The normalized spacial score (nSPS) is 25.9. The van der Waals surface area contributed by atoms with Crippen LogP contribution in [0.4, 0.5) is 13.2 Å². The number of halogens is 3. The van der Waals surface area contributed by atoms with E-state index < -0.39 is 24.2 Å². The minimum atomic E-state index is -4.40. The minimum Gasteiger partial charge on any atom is -0.381 e. The number of aromatic nitrogens is 3. The predicted molar refractivity (Wildman–Crippen MR) is 90.9 cm³/mol. The average Bonchev–Trinajstić information content (AvgIpc) is 3.19. The van der Waals surface area contributed by atoms with Crippen molar-refractivity contribution in [2.45, 2.75) is 31.2 Å². The summed E-state index contributed by atoms with van der Waals surface area (Å²) >= 11 is 0. The van der Waals surface area contributed by atoms with Crippen LogP contribution in [0.25, 0.3) is 0 Å². The van der Waals surface area contributed by atoms with Gasteiger partial charge in [-0.3, -0.25) is 14.5 Å². The maximum Gasteiger partial charge on any atom is 0.396 e. The lowest BCUT2D eigenvalue weighted by molar-refractivity contribution is -0.229. The number of carbonyl (C=O) groups excluding carboxylic acids is 1. The number of pyridine rings is 1. The van der Waals surface area contributed by atoms with Gasteiger partial charge in [-0.1, -0.05) is 0 Å². The molecule has 4 unspecified atom stereocenters. The van der Waals surface area contributed by atoms with Gasteiger partial charge in [0.05, 0.1) is 17.7 Å². The Kier molecular flexibility index (Phi) is 5.79. The van der Waals surface area contributed by atoms with Crippen LogP contribution < -0.4 is 5.32 Å². The third-order valence-corrected chi connectivity index (χ3v) is 4.98. The minimum absolute atomic E-state index is 0.164. The molecule has 1 amide bonds. The molecule has 6 nitrogen and oxygen atoms in total. The van der Waals surface area contributed by atoms with E-state index >= 15 is 0 Å². The zero-order chi connectivity index (χ0) is 19.4. The fourth-order valence-electron chi connectivity index (χ4n) is 3.73. The van der Waals surface area contributed by atoms with Crippen molar-refractivity contribution < 1.29 is 22.7 Å². The Hall–Kier alpha value is -2.42. The number of nitrogens with one attached hydrogen (secondary N) is 1. The second-order valence-electron chi connectivity index (χ2n) is 6.68. The highest BCUT2D eigenvalue weighted by atomic mass is 19.4. The third-order valence-electron chi connectivity index (χ3n) is 4.98. The van der Waals surface area contributed by atoms with Crippen LogP contribution >= 0.6 is 0 Å². The summed E-state index contributed by atoms with van der Waals surface area (Å²) in [4.78, 5) is 16.1. The highest BCUT2D eigenvalue weighted by molar-refractivity contribution is 5.93. The molecule has 1 aliphatic carbocycles. The van der Waals surface area contributed by atoms with Crippen LogP contribution in [0.1, 0.15) is 29.2 Å². The number of methoxy groups -OCH3 is 1. The number of alkyl halides is 3. The van der Waals surface area contributed by atoms with Crippen molar-refractivity contribution >= 4 is 5.91 Å². The Balaban J connectivity index is 1.73. The Bertz CT molecular complexity index is 737. The van der Waals surface area contributed by atoms with E-state index in [4.69, 9.17) is 4.74 Å². The van der Waals surface area contributed by atoms with Gasteiger partial charge in [0.25, 0.3) is 5.91 Å². The molecule has 1 N–H and O–H groups in total. The third kappa shape index (κ3) is 4.47. The molecule has 9 heteroatoms. The van der Waals surface area contributed by atoms with Crippen LogP contribution in [0.2, 0.25) is 0 Å². The fraction of sp³-hybridized carbons (Fsp3) is 0.500. The van der Waals surface area contributed by atoms with E-state index in [1.165, 1.54) is 30.4 Å². The number of hydrogen-bond acceptors (Lipinski definition) is 4. The quantitative estimate of drug-likeness (QED) is 0.864. The van der Waals surface area contributed by atoms with Gasteiger partial charge in [0.15, 0.2) is 0 Å². The van der Waals surface area contributed by atoms with Gasteiger partial charge < -0.3 is 10.1 Å². The van der Waals surface area contributed by atoms with E-state index in [1.54, 1.807) is 24.4 Å². The molecule has 1 aliphatic rings. The topological polar surface area (TPSA) is 69.0 Å². The van der Waals surface area contributed by atoms with Gasteiger partial charge in [0.1, 0.15) is 5.92 Å². The number of ether oxygens (including phenoxy) is 1. The molecular weight excluding hydrogens is 361 g/mol. The van der Waals surface area contributed by atoms with Crippen molar-refractivity contribution in [3.05, 3.63) is 48.5 Å². The zero-order valence-corrected chi connectivity index (χ0v) is 14.8. The van der Waals surface area contributed by atoms with Gasteiger partial charge in [-0.2, -0.15) is 18.3 Å². The molecule has 2 aromatic rings. The molecule has 1 fully saturated rings. The summed E-state index contributed by atoms with van der Waals surface area (Å²) in [6.45, 7) is 0.260. The van der Waals surface area contributed by atoms with Gasteiger partial charge in [-0.05, 0) is 37.0 Å². The smallest absolute Gasteiger partial charge is 0.381 e. The average molecular weight is 382 g/mol. The lowest BCUT2D eigenvalue weighted by atomic mass is 9.75. The van der Waals surface area contributed by atoms with Crippen molar-refractivity contribution in [3.63, 3.8) is 0 Å². The molecule has 2 heterocycles. The molecule has 3 rings (SSSR count). The molecule has 4 atom stereocenters. The standard InChI is InChI=1S/C18H21F3N4O2/c1-27-15-9-12(10-23-17(26)13-4-2-5-22-11-13)8-14(16(15)18(19,20)21)25-7-3-6-24-25/h2-7,11-12,14-16H,8-10H2,1H3,(H,23,26). The molecule has 0 bridgehead atoms. The van der Waals surface area contributed by atoms with Crippen LogP contribution in [0, 0.1) is 11.8 Å². The van der Waals surface area contributed by atoms with Crippen LogP contribution in [-0.2, 0) is 4.74 Å². The number of hydrogen-bond donors (Lipinski definition) is 1. The van der Waals surface area contributed by atoms with Crippen molar-refractivity contribution in [2.24, 2.45) is 11.8 Å². The molecule has 0 spiro atoms. The highest BCUT2D eigenvalue weighted by Gasteiger charge is 2.53. The monoisotopic (exact) mass is 382 g/mol. The summed E-state index contributed by atoms with van der Waals surface area (Å²) in [6.07, 6.45) is 1.07. The number of nitrogens with zero attached hydrogens (tertiary/aromatic N) is 3. The molecule has 146 valence electrons. The second kappa shape index (κ2) is 8.08. The SMILES string of the molecule is COC1CC(CNC(=O)c2cccnc2)CC(n2cccn2)C1C(F)(F)F. The molecule has 0 saturated heterocycles. The van der Waals surface area contributed by atoms with E-state index in [0.717, 1.165) is 0 Å². The predicted octanol–water partition coefficient (Wildman–Crippen LogP) is 2.85. The largest absolute Gasteiger partial charge is 0.396 e. The summed E-state index contributed by atoms with van der Waals surface area (Å²) in [5, 5.41) is 6.80. The molecular formula is C18H21F3N4O2. The van der Waals surface area contributed by atoms with Crippen LogP contribution in [-0.4, -0.2) is 46.6 Å². The Morgan fingerprint density at radius 3 is 2.74 bits per heavy atom. The summed E-state index contributed by atoms with van der Waals surface area (Å²) in [5.74, 6) is -2.11. The lowest BCUT2D eigenvalue weighted by Crippen LogP contribution is -2.48. The summed E-state index contributed by atoms with van der Waals surface area (Å²) < 4.78 is 47.6. The van der Waals surface area contributed by atoms with E-state index in [-0.39, 0.29) is 31.2 Å². The van der Waals surface area contributed by atoms with Gasteiger partial charge in [0.2, 0.25) is 0 Å². The molecule has 0 radical (unpaired) electrons. The first-order valence-electron chi connectivity index (χ1n) is 8.67. The van der Waals surface area contributed by atoms with E-state index in [9.17, 15) is 18.0 Å². The maximum absolute atomic E-state index is 13.7. The molecule has 1 saturated carbocycles. The second-order valence-corrected chi connectivity index (χ2v) is 6.68. The van der Waals surface area contributed by atoms with Crippen LogP contribution in [0.3, 0.4) is 0 Å². The lowest BCUT2D eigenvalue weighted by Gasteiger charge is -2.42. The summed E-state index contributed by atoms with van der Waals surface area (Å²) in [7, 11) is 1.29. The van der Waals surface area contributed by atoms with Crippen molar-refractivity contribution in [1.29, 1.82) is 0 Å². The maximum atomic E-state index is 13.7. The van der Waals surface area contributed by atoms with Gasteiger partial charge >= 0.3 is 6.18 Å². The van der Waals surface area contributed by atoms with E-state index in [0.29, 0.717) is 5.56 Å². The zero-order valence-electron chi connectivity index (χ0n) is 14.8. The van der Waals surface area contributed by atoms with Gasteiger partial charge in [-0.15, -0.1) is 0 Å². The summed E-state index contributed by atoms with van der Waals surface area (Å²) in [5.41, 5.74) is 0.411. The van der Waals surface area contributed by atoms with Gasteiger partial charge in [-0.25, -0.2) is 0 Å². The summed E-state index contributed by atoms with van der Waals surface area (Å²) in [6, 6.07) is 4.01. The first kappa shape index (κ1) is 19.3. The van der Waals surface area contributed by atoms with Crippen molar-refractivity contribution in [2.75, 3.05) is 13.7 Å².